The lowest BCUT2D eigenvalue weighted by atomic mass is 10.0. The summed E-state index contributed by atoms with van der Waals surface area (Å²) in [6.07, 6.45) is 3.82. The number of rotatable bonds is 4. The number of benzene rings is 1. The quantitative estimate of drug-likeness (QED) is 0.887. The van der Waals surface area contributed by atoms with E-state index in [0.717, 1.165) is 53.2 Å². The van der Waals surface area contributed by atoms with Crippen molar-refractivity contribution in [3.63, 3.8) is 0 Å². The van der Waals surface area contributed by atoms with Gasteiger partial charge in [-0.3, -0.25) is 4.79 Å². The molecule has 1 aromatic carbocycles. The third-order valence-electron chi connectivity index (χ3n) is 5.15. The van der Waals surface area contributed by atoms with E-state index in [1.165, 1.54) is 0 Å². The van der Waals surface area contributed by atoms with E-state index >= 15 is 0 Å². The van der Waals surface area contributed by atoms with Gasteiger partial charge in [-0.15, -0.1) is 0 Å². The Morgan fingerprint density at radius 2 is 1.92 bits per heavy atom. The Morgan fingerprint density at radius 1 is 1.23 bits per heavy atom. The molecule has 1 saturated heterocycles. The van der Waals surface area contributed by atoms with Gasteiger partial charge in [0.15, 0.2) is 5.76 Å². The van der Waals surface area contributed by atoms with Crippen LogP contribution in [0.25, 0.3) is 11.0 Å². The summed E-state index contributed by atoms with van der Waals surface area (Å²) in [6, 6.07) is 3.88. The van der Waals surface area contributed by atoms with Crippen LogP contribution in [0.2, 0.25) is 0 Å². The molecule has 0 aliphatic carbocycles. The van der Waals surface area contributed by atoms with Gasteiger partial charge in [0.2, 0.25) is 10.0 Å². The fourth-order valence-electron chi connectivity index (χ4n) is 3.74. The van der Waals surface area contributed by atoms with Crippen LogP contribution >= 0.6 is 0 Å². The number of nitrogens with zero attached hydrogens (tertiary/aromatic N) is 1. The SMILES string of the molecule is Cc1ccc(C)c2c(C)c(C(=O)N3CCCC[C@@H]3CNS(C)(=O)=O)oc12. The summed E-state index contributed by atoms with van der Waals surface area (Å²) in [4.78, 5) is 15.0. The standard InChI is InChI=1S/C19H26N2O4S/c1-12-8-9-13(2)17-16(12)14(3)18(25-17)19(22)21-10-6-5-7-15(21)11-20-26(4,23)24/h8-9,15,20H,5-7,10-11H2,1-4H3/t15-/m1/s1. The second-order valence-electron chi connectivity index (χ2n) is 7.23. The Kier molecular flexibility index (Phi) is 5.12. The zero-order valence-corrected chi connectivity index (χ0v) is 16.6. The lowest BCUT2D eigenvalue weighted by Gasteiger charge is -2.35. The van der Waals surface area contributed by atoms with Crippen LogP contribution in [0.1, 0.15) is 46.5 Å². The Balaban J connectivity index is 1.94. The number of hydrogen-bond donors (Lipinski definition) is 1. The maximum absolute atomic E-state index is 13.2. The molecule has 2 aromatic rings. The Labute approximate surface area is 154 Å². The van der Waals surface area contributed by atoms with Crippen molar-refractivity contribution in [2.24, 2.45) is 0 Å². The molecule has 0 radical (unpaired) electrons. The van der Waals surface area contributed by atoms with Crippen LogP contribution in [0, 0.1) is 20.8 Å². The molecular formula is C19H26N2O4S. The van der Waals surface area contributed by atoms with Crippen molar-refractivity contribution in [2.75, 3.05) is 19.3 Å². The van der Waals surface area contributed by atoms with Gasteiger partial charge in [0.05, 0.1) is 6.26 Å². The molecular weight excluding hydrogens is 352 g/mol. The highest BCUT2D eigenvalue weighted by atomic mass is 32.2. The number of sulfonamides is 1. The van der Waals surface area contributed by atoms with Crippen LogP contribution in [0.15, 0.2) is 16.5 Å². The van der Waals surface area contributed by atoms with Gasteiger partial charge in [0.25, 0.3) is 5.91 Å². The number of piperidine rings is 1. The normalized spacial score (nSPS) is 18.5. The van der Waals surface area contributed by atoms with Crippen molar-refractivity contribution in [1.29, 1.82) is 0 Å². The van der Waals surface area contributed by atoms with Crippen LogP contribution in [0.5, 0.6) is 0 Å². The maximum Gasteiger partial charge on any atom is 0.290 e. The molecule has 142 valence electrons. The molecule has 1 atom stereocenters. The molecule has 1 aliphatic rings. The summed E-state index contributed by atoms with van der Waals surface area (Å²) in [5.74, 6) is 0.209. The Hall–Kier alpha value is -1.86. The van der Waals surface area contributed by atoms with Crippen molar-refractivity contribution in [3.8, 4) is 0 Å². The second kappa shape index (κ2) is 7.04. The van der Waals surface area contributed by atoms with Crippen molar-refractivity contribution in [2.45, 2.75) is 46.1 Å². The molecule has 2 heterocycles. The third-order valence-corrected chi connectivity index (χ3v) is 5.84. The first-order valence-electron chi connectivity index (χ1n) is 8.94. The number of fused-ring (bicyclic) bond motifs is 1. The predicted molar refractivity (Wildman–Crippen MR) is 102 cm³/mol. The van der Waals surface area contributed by atoms with Gasteiger partial charge in [-0.25, -0.2) is 13.1 Å². The number of hydrogen-bond acceptors (Lipinski definition) is 4. The average molecular weight is 378 g/mol. The van der Waals surface area contributed by atoms with Gasteiger partial charge < -0.3 is 9.32 Å². The number of likely N-dealkylation sites (tertiary alicyclic amines) is 1. The average Bonchev–Trinajstić information content (AvgIpc) is 2.94. The number of aryl methyl sites for hydroxylation is 3. The van der Waals surface area contributed by atoms with E-state index in [4.69, 9.17) is 4.42 Å². The molecule has 1 N–H and O–H groups in total. The highest BCUT2D eigenvalue weighted by Crippen LogP contribution is 2.32. The number of carbonyl (C=O) groups is 1. The zero-order valence-electron chi connectivity index (χ0n) is 15.8. The largest absolute Gasteiger partial charge is 0.450 e. The highest BCUT2D eigenvalue weighted by Gasteiger charge is 2.31. The van der Waals surface area contributed by atoms with Crippen molar-refractivity contribution in [1.82, 2.24) is 9.62 Å². The summed E-state index contributed by atoms with van der Waals surface area (Å²) in [7, 11) is -3.29. The number of furan rings is 1. The zero-order chi connectivity index (χ0) is 19.1. The summed E-state index contributed by atoms with van der Waals surface area (Å²) in [6.45, 7) is 6.75. The Bertz CT molecular complexity index is 946. The van der Waals surface area contributed by atoms with Gasteiger partial charge in [-0.2, -0.15) is 0 Å². The molecule has 1 aliphatic heterocycles. The lowest BCUT2D eigenvalue weighted by molar-refractivity contribution is 0.0587. The van der Waals surface area contributed by atoms with Crippen LogP contribution in [-0.2, 0) is 10.0 Å². The first-order chi connectivity index (χ1) is 12.2. The van der Waals surface area contributed by atoms with E-state index in [1.807, 2.05) is 32.9 Å². The molecule has 0 unspecified atom stereocenters. The van der Waals surface area contributed by atoms with E-state index < -0.39 is 10.0 Å². The van der Waals surface area contributed by atoms with Crippen molar-refractivity contribution >= 4 is 26.9 Å². The molecule has 0 spiro atoms. The van der Waals surface area contributed by atoms with Crippen LogP contribution in [0.4, 0.5) is 0 Å². The van der Waals surface area contributed by atoms with Crippen LogP contribution < -0.4 is 4.72 Å². The number of amides is 1. The number of nitrogens with one attached hydrogen (secondary N) is 1. The van der Waals surface area contributed by atoms with Crippen molar-refractivity contribution < 1.29 is 17.6 Å². The van der Waals surface area contributed by atoms with Crippen LogP contribution in [-0.4, -0.2) is 44.6 Å². The molecule has 26 heavy (non-hydrogen) atoms. The van der Waals surface area contributed by atoms with Crippen molar-refractivity contribution in [3.05, 3.63) is 34.6 Å². The second-order valence-corrected chi connectivity index (χ2v) is 9.06. The summed E-state index contributed by atoms with van der Waals surface area (Å²) in [5.41, 5.74) is 3.70. The van der Waals surface area contributed by atoms with E-state index in [2.05, 4.69) is 4.72 Å². The molecule has 0 saturated carbocycles. The molecule has 3 rings (SSSR count). The van der Waals surface area contributed by atoms with Gasteiger partial charge in [-0.1, -0.05) is 12.1 Å². The minimum absolute atomic E-state index is 0.152. The molecule has 1 fully saturated rings. The molecule has 1 aromatic heterocycles. The summed E-state index contributed by atoms with van der Waals surface area (Å²) in [5, 5.41) is 0.996. The number of carbonyl (C=O) groups excluding carboxylic acids is 1. The first-order valence-corrected chi connectivity index (χ1v) is 10.8. The fourth-order valence-corrected chi connectivity index (χ4v) is 4.23. The topological polar surface area (TPSA) is 79.6 Å². The Morgan fingerprint density at radius 3 is 2.58 bits per heavy atom. The van der Waals surface area contributed by atoms with Gasteiger partial charge >= 0.3 is 0 Å². The van der Waals surface area contributed by atoms with E-state index in [-0.39, 0.29) is 18.5 Å². The van der Waals surface area contributed by atoms with Crippen LogP contribution in [0.3, 0.4) is 0 Å². The van der Waals surface area contributed by atoms with E-state index in [0.29, 0.717) is 12.3 Å². The van der Waals surface area contributed by atoms with Gasteiger partial charge in [0.1, 0.15) is 5.58 Å². The lowest BCUT2D eigenvalue weighted by Crippen LogP contribution is -2.49. The molecule has 6 nitrogen and oxygen atoms in total. The van der Waals surface area contributed by atoms with E-state index in [1.54, 1.807) is 4.90 Å². The monoisotopic (exact) mass is 378 g/mol. The predicted octanol–water partition coefficient (Wildman–Crippen LogP) is 2.90. The summed E-state index contributed by atoms with van der Waals surface area (Å²) < 4.78 is 31.4. The molecule has 0 bridgehead atoms. The smallest absolute Gasteiger partial charge is 0.290 e. The van der Waals surface area contributed by atoms with Gasteiger partial charge in [0, 0.05) is 30.1 Å². The van der Waals surface area contributed by atoms with E-state index in [9.17, 15) is 13.2 Å². The molecule has 7 heteroatoms. The third kappa shape index (κ3) is 3.64. The minimum atomic E-state index is -3.29. The summed E-state index contributed by atoms with van der Waals surface area (Å²) >= 11 is 0. The first kappa shape index (κ1) is 18.9. The minimum Gasteiger partial charge on any atom is -0.450 e. The molecule has 1 amide bonds. The fraction of sp³-hybridized carbons (Fsp3) is 0.526. The van der Waals surface area contributed by atoms with Gasteiger partial charge in [-0.05, 0) is 51.2 Å². The maximum atomic E-state index is 13.2. The highest BCUT2D eigenvalue weighted by molar-refractivity contribution is 7.88.